The van der Waals surface area contributed by atoms with Gasteiger partial charge in [-0.25, -0.2) is 0 Å². The summed E-state index contributed by atoms with van der Waals surface area (Å²) in [5.41, 5.74) is 0.873. The lowest BCUT2D eigenvalue weighted by Crippen LogP contribution is -2.35. The van der Waals surface area contributed by atoms with Crippen LogP contribution in [0, 0.1) is 5.92 Å². The van der Waals surface area contributed by atoms with Crippen LogP contribution in [-0.4, -0.2) is 28.6 Å². The highest BCUT2D eigenvalue weighted by Gasteiger charge is 2.15. The van der Waals surface area contributed by atoms with E-state index in [0.29, 0.717) is 6.54 Å². The van der Waals surface area contributed by atoms with Crippen molar-refractivity contribution in [1.29, 1.82) is 0 Å². The van der Waals surface area contributed by atoms with Crippen LogP contribution in [0.5, 0.6) is 0 Å². The molecule has 0 aromatic carbocycles. The summed E-state index contributed by atoms with van der Waals surface area (Å²) in [6.07, 6.45) is 7.87. The minimum absolute atomic E-state index is 0.200. The van der Waals surface area contributed by atoms with Gasteiger partial charge in [-0.1, -0.05) is 32.8 Å². The quantitative estimate of drug-likeness (QED) is 0.739. The fourth-order valence-electron chi connectivity index (χ4n) is 1.91. The van der Waals surface area contributed by atoms with Crippen molar-refractivity contribution in [3.05, 3.63) is 36.2 Å². The van der Waals surface area contributed by atoms with Crippen molar-refractivity contribution in [3.63, 3.8) is 0 Å². The summed E-state index contributed by atoms with van der Waals surface area (Å²) in [6, 6.07) is 3.68. The molecule has 1 aromatic rings. The number of nitrogens with one attached hydrogen (secondary N) is 1. The molecule has 0 aliphatic carbocycles. The second-order valence-electron chi connectivity index (χ2n) is 4.51. The van der Waals surface area contributed by atoms with Crippen LogP contribution in [0.15, 0.2) is 30.6 Å². The SMILES string of the molecule is CCC(CC)C(O)CNC(=O)/C=C/c1cccnc1. The number of amides is 1. The second kappa shape index (κ2) is 8.43. The van der Waals surface area contributed by atoms with E-state index >= 15 is 0 Å². The van der Waals surface area contributed by atoms with E-state index in [2.05, 4.69) is 10.3 Å². The largest absolute Gasteiger partial charge is 0.391 e. The molecular weight excluding hydrogens is 240 g/mol. The van der Waals surface area contributed by atoms with Crippen LogP contribution in [0.1, 0.15) is 32.3 Å². The van der Waals surface area contributed by atoms with Gasteiger partial charge < -0.3 is 10.4 Å². The summed E-state index contributed by atoms with van der Waals surface area (Å²) in [6.45, 7) is 4.38. The molecule has 0 saturated heterocycles. The zero-order valence-electron chi connectivity index (χ0n) is 11.5. The van der Waals surface area contributed by atoms with E-state index in [1.54, 1.807) is 18.5 Å². The number of aliphatic hydroxyl groups is 1. The number of hydrogen-bond acceptors (Lipinski definition) is 3. The molecule has 0 aliphatic heterocycles. The van der Waals surface area contributed by atoms with Crippen LogP contribution < -0.4 is 5.32 Å². The summed E-state index contributed by atoms with van der Waals surface area (Å²) in [5.74, 6) is 0.0384. The van der Waals surface area contributed by atoms with Gasteiger partial charge in [0.25, 0.3) is 0 Å². The fourth-order valence-corrected chi connectivity index (χ4v) is 1.91. The number of nitrogens with zero attached hydrogens (tertiary/aromatic N) is 1. The zero-order valence-corrected chi connectivity index (χ0v) is 11.5. The van der Waals surface area contributed by atoms with Crippen molar-refractivity contribution >= 4 is 12.0 Å². The molecule has 1 rings (SSSR count). The van der Waals surface area contributed by atoms with Crippen LogP contribution in [0.2, 0.25) is 0 Å². The van der Waals surface area contributed by atoms with Crippen LogP contribution in [-0.2, 0) is 4.79 Å². The highest BCUT2D eigenvalue weighted by Crippen LogP contribution is 2.12. The number of aliphatic hydroxyl groups excluding tert-OH is 1. The van der Waals surface area contributed by atoms with Gasteiger partial charge in [-0.05, 0) is 23.6 Å². The smallest absolute Gasteiger partial charge is 0.244 e. The molecule has 1 unspecified atom stereocenters. The maximum Gasteiger partial charge on any atom is 0.244 e. The molecule has 0 fully saturated rings. The Bertz CT molecular complexity index is 400. The molecular formula is C15H22N2O2. The molecule has 4 nitrogen and oxygen atoms in total. The van der Waals surface area contributed by atoms with E-state index in [4.69, 9.17) is 0 Å². The third-order valence-corrected chi connectivity index (χ3v) is 3.19. The first-order valence-electron chi connectivity index (χ1n) is 6.71. The molecule has 104 valence electrons. The molecule has 19 heavy (non-hydrogen) atoms. The second-order valence-corrected chi connectivity index (χ2v) is 4.51. The predicted octanol–water partition coefficient (Wildman–Crippen LogP) is 2.01. The van der Waals surface area contributed by atoms with Gasteiger partial charge >= 0.3 is 0 Å². The first-order valence-corrected chi connectivity index (χ1v) is 6.71. The Morgan fingerprint density at radius 2 is 2.21 bits per heavy atom. The summed E-state index contributed by atoms with van der Waals surface area (Å²) in [5, 5.41) is 12.6. The standard InChI is InChI=1S/C15H22N2O2/c1-3-13(4-2)14(18)11-17-15(19)8-7-12-6-5-9-16-10-12/h5-10,13-14,18H,3-4,11H2,1-2H3,(H,17,19)/b8-7+. The molecule has 1 atom stereocenters. The number of aromatic nitrogens is 1. The van der Waals surface area contributed by atoms with Gasteiger partial charge in [0.2, 0.25) is 5.91 Å². The third kappa shape index (κ3) is 5.66. The van der Waals surface area contributed by atoms with Gasteiger partial charge in [0.1, 0.15) is 0 Å². The Kier molecular flexibility index (Phi) is 6.82. The molecule has 1 aromatic heterocycles. The Morgan fingerprint density at radius 1 is 1.47 bits per heavy atom. The predicted molar refractivity (Wildman–Crippen MR) is 76.4 cm³/mol. The van der Waals surface area contributed by atoms with Gasteiger partial charge in [0.15, 0.2) is 0 Å². The van der Waals surface area contributed by atoms with Crippen molar-refractivity contribution in [2.75, 3.05) is 6.54 Å². The van der Waals surface area contributed by atoms with Crippen molar-refractivity contribution < 1.29 is 9.90 Å². The van der Waals surface area contributed by atoms with Crippen LogP contribution >= 0.6 is 0 Å². The van der Waals surface area contributed by atoms with E-state index in [1.165, 1.54) is 6.08 Å². The maximum absolute atomic E-state index is 11.6. The van der Waals surface area contributed by atoms with E-state index < -0.39 is 6.10 Å². The average molecular weight is 262 g/mol. The van der Waals surface area contributed by atoms with Crippen molar-refractivity contribution in [3.8, 4) is 0 Å². The van der Waals surface area contributed by atoms with Gasteiger partial charge in [-0.2, -0.15) is 0 Å². The van der Waals surface area contributed by atoms with Crippen LogP contribution in [0.25, 0.3) is 6.08 Å². The van der Waals surface area contributed by atoms with Gasteiger partial charge in [0.05, 0.1) is 6.10 Å². The van der Waals surface area contributed by atoms with Crippen molar-refractivity contribution in [1.82, 2.24) is 10.3 Å². The topological polar surface area (TPSA) is 62.2 Å². The Balaban J connectivity index is 2.38. The summed E-state index contributed by atoms with van der Waals surface area (Å²) in [7, 11) is 0. The molecule has 0 radical (unpaired) electrons. The van der Waals surface area contributed by atoms with Crippen LogP contribution in [0.3, 0.4) is 0 Å². The van der Waals surface area contributed by atoms with Gasteiger partial charge in [-0.15, -0.1) is 0 Å². The highest BCUT2D eigenvalue weighted by atomic mass is 16.3. The molecule has 2 N–H and O–H groups in total. The highest BCUT2D eigenvalue weighted by molar-refractivity contribution is 5.91. The number of carbonyl (C=O) groups is 1. The van der Waals surface area contributed by atoms with Gasteiger partial charge in [-0.3, -0.25) is 9.78 Å². The Labute approximate surface area is 114 Å². The Morgan fingerprint density at radius 3 is 2.79 bits per heavy atom. The number of pyridine rings is 1. The first kappa shape index (κ1) is 15.4. The average Bonchev–Trinajstić information content (AvgIpc) is 2.45. The van der Waals surface area contributed by atoms with Crippen LogP contribution in [0.4, 0.5) is 0 Å². The van der Waals surface area contributed by atoms with Gasteiger partial charge in [0, 0.05) is 25.0 Å². The molecule has 0 aliphatic rings. The number of carbonyl (C=O) groups excluding carboxylic acids is 1. The molecule has 0 saturated carbocycles. The van der Waals surface area contributed by atoms with E-state index in [-0.39, 0.29) is 11.8 Å². The molecule has 4 heteroatoms. The minimum Gasteiger partial charge on any atom is -0.391 e. The Hall–Kier alpha value is -1.68. The molecule has 1 heterocycles. The third-order valence-electron chi connectivity index (χ3n) is 3.19. The van der Waals surface area contributed by atoms with E-state index in [1.807, 2.05) is 26.0 Å². The van der Waals surface area contributed by atoms with E-state index in [0.717, 1.165) is 18.4 Å². The molecule has 0 spiro atoms. The monoisotopic (exact) mass is 262 g/mol. The zero-order chi connectivity index (χ0) is 14.1. The number of rotatable bonds is 7. The maximum atomic E-state index is 11.6. The lowest BCUT2D eigenvalue weighted by atomic mass is 9.96. The lowest BCUT2D eigenvalue weighted by Gasteiger charge is -2.19. The van der Waals surface area contributed by atoms with Crippen molar-refractivity contribution in [2.24, 2.45) is 5.92 Å². The first-order chi connectivity index (χ1) is 9.17. The minimum atomic E-state index is -0.481. The molecule has 1 amide bonds. The normalized spacial score (nSPS) is 12.8. The summed E-state index contributed by atoms with van der Waals surface area (Å²) in [4.78, 5) is 15.5. The van der Waals surface area contributed by atoms with E-state index in [9.17, 15) is 9.90 Å². The number of hydrogen-bond donors (Lipinski definition) is 2. The molecule has 0 bridgehead atoms. The summed E-state index contributed by atoms with van der Waals surface area (Å²) < 4.78 is 0. The summed E-state index contributed by atoms with van der Waals surface area (Å²) >= 11 is 0. The van der Waals surface area contributed by atoms with Crippen molar-refractivity contribution in [2.45, 2.75) is 32.8 Å². The lowest BCUT2D eigenvalue weighted by molar-refractivity contribution is -0.117. The fraction of sp³-hybridized carbons (Fsp3) is 0.467.